The molecule has 0 saturated heterocycles. The fourth-order valence-electron chi connectivity index (χ4n) is 3.04. The Labute approximate surface area is 146 Å². The highest BCUT2D eigenvalue weighted by Crippen LogP contribution is 2.40. The minimum absolute atomic E-state index is 0.249. The summed E-state index contributed by atoms with van der Waals surface area (Å²) in [5.41, 5.74) is 5.73. The Morgan fingerprint density at radius 2 is 2.04 bits per heavy atom. The van der Waals surface area contributed by atoms with E-state index < -0.39 is 0 Å². The Morgan fingerprint density at radius 1 is 1.24 bits per heavy atom. The Bertz CT molecular complexity index is 970. The van der Waals surface area contributed by atoms with E-state index in [9.17, 15) is 4.79 Å². The van der Waals surface area contributed by atoms with E-state index in [1.54, 1.807) is 0 Å². The monoisotopic (exact) mass is 336 g/mol. The number of nitrogens with zero attached hydrogens (tertiary/aromatic N) is 2. The molecule has 0 atom stereocenters. The maximum atomic E-state index is 12.8. The number of aromatic nitrogens is 2. The van der Waals surface area contributed by atoms with Gasteiger partial charge < -0.3 is 9.26 Å². The van der Waals surface area contributed by atoms with Gasteiger partial charge in [-0.05, 0) is 50.8 Å². The van der Waals surface area contributed by atoms with Crippen LogP contribution in [0.3, 0.4) is 0 Å². The van der Waals surface area contributed by atoms with Crippen LogP contribution in [0.15, 0.2) is 28.8 Å². The molecule has 0 radical (unpaired) electrons. The van der Waals surface area contributed by atoms with Crippen molar-refractivity contribution in [2.24, 2.45) is 0 Å². The molecule has 0 spiro atoms. The van der Waals surface area contributed by atoms with Crippen molar-refractivity contribution in [3.05, 3.63) is 57.9 Å². The zero-order valence-corrected chi connectivity index (χ0v) is 14.6. The van der Waals surface area contributed by atoms with Crippen LogP contribution < -0.4 is 0 Å². The zero-order chi connectivity index (χ0) is 17.6. The van der Waals surface area contributed by atoms with Crippen molar-refractivity contribution in [1.29, 1.82) is 0 Å². The molecule has 2 heterocycles. The minimum atomic E-state index is -0.360. The summed E-state index contributed by atoms with van der Waals surface area (Å²) in [5.74, 6) is 0.0573. The normalized spacial score (nSPS) is 14.0. The topological polar surface area (TPSA) is 65.2 Å². The van der Waals surface area contributed by atoms with E-state index in [4.69, 9.17) is 9.26 Å². The van der Waals surface area contributed by atoms with Crippen LogP contribution >= 0.6 is 0 Å². The summed E-state index contributed by atoms with van der Waals surface area (Å²) in [5, 5.41) is 4.61. The van der Waals surface area contributed by atoms with Crippen LogP contribution in [0.5, 0.6) is 0 Å². The van der Waals surface area contributed by atoms with Crippen molar-refractivity contribution in [1.82, 2.24) is 10.1 Å². The third-order valence-corrected chi connectivity index (χ3v) is 4.72. The molecule has 1 aliphatic rings. The Hall–Kier alpha value is -2.69. The second-order valence-electron chi connectivity index (χ2n) is 6.82. The second kappa shape index (κ2) is 5.99. The summed E-state index contributed by atoms with van der Waals surface area (Å²) in [6, 6.07) is 7.98. The summed E-state index contributed by atoms with van der Waals surface area (Å²) in [6.07, 6.45) is 2.20. The van der Waals surface area contributed by atoms with E-state index in [1.165, 1.54) is 0 Å². The number of esters is 1. The molecule has 1 saturated carbocycles. The molecule has 0 bridgehead atoms. The Kier molecular flexibility index (Phi) is 3.79. The van der Waals surface area contributed by atoms with Crippen LogP contribution in [-0.2, 0) is 11.3 Å². The van der Waals surface area contributed by atoms with Crippen LogP contribution in [-0.4, -0.2) is 16.1 Å². The van der Waals surface area contributed by atoms with Gasteiger partial charge in [-0.2, -0.15) is 0 Å². The van der Waals surface area contributed by atoms with Gasteiger partial charge in [0.05, 0.1) is 16.6 Å². The molecule has 0 N–H and O–H groups in total. The molecular weight excluding hydrogens is 316 g/mol. The predicted octanol–water partition coefficient (Wildman–Crippen LogP) is 4.38. The van der Waals surface area contributed by atoms with Gasteiger partial charge in [-0.3, -0.25) is 0 Å². The lowest BCUT2D eigenvalue weighted by atomic mass is 10.1. The van der Waals surface area contributed by atoms with Gasteiger partial charge in [0.25, 0.3) is 5.71 Å². The predicted molar refractivity (Wildman–Crippen MR) is 93.6 cm³/mol. The molecule has 1 aliphatic carbocycles. The summed E-state index contributed by atoms with van der Waals surface area (Å²) in [6.45, 7) is 6.10. The number of hydrogen-bond acceptors (Lipinski definition) is 5. The molecule has 128 valence electrons. The third-order valence-electron chi connectivity index (χ3n) is 4.72. The van der Waals surface area contributed by atoms with Crippen molar-refractivity contribution < 1.29 is 14.1 Å². The van der Waals surface area contributed by atoms with E-state index in [-0.39, 0.29) is 12.6 Å². The van der Waals surface area contributed by atoms with Crippen LogP contribution in [0.25, 0.3) is 11.1 Å². The average Bonchev–Trinajstić information content (AvgIpc) is 3.38. The highest BCUT2D eigenvalue weighted by Gasteiger charge is 2.29. The number of carbonyl (C=O) groups is 1. The molecule has 1 fully saturated rings. The number of ether oxygens (including phenoxy) is 1. The number of fused-ring (bicyclic) bond motifs is 1. The first-order valence-electron chi connectivity index (χ1n) is 8.53. The minimum Gasteiger partial charge on any atom is -0.457 e. The fourth-order valence-corrected chi connectivity index (χ4v) is 3.04. The first kappa shape index (κ1) is 15.8. The lowest BCUT2D eigenvalue weighted by Gasteiger charge is -2.10. The SMILES string of the molecule is Cc1ccc(C)c(COC(=O)c2cc(C3CC3)nc3onc(C)c23)c1. The van der Waals surface area contributed by atoms with E-state index in [2.05, 4.69) is 16.2 Å². The molecule has 4 rings (SSSR count). The van der Waals surface area contributed by atoms with E-state index in [0.717, 1.165) is 35.2 Å². The Morgan fingerprint density at radius 3 is 2.80 bits per heavy atom. The van der Waals surface area contributed by atoms with Gasteiger partial charge in [0.2, 0.25) is 0 Å². The average molecular weight is 336 g/mol. The number of pyridine rings is 1. The maximum absolute atomic E-state index is 12.8. The number of carbonyl (C=O) groups excluding carboxylic acids is 1. The van der Waals surface area contributed by atoms with Gasteiger partial charge in [-0.1, -0.05) is 28.9 Å². The first-order valence-corrected chi connectivity index (χ1v) is 8.53. The molecule has 1 aromatic carbocycles. The van der Waals surface area contributed by atoms with Crippen LogP contribution in [0.4, 0.5) is 0 Å². The standard InChI is InChI=1S/C20H20N2O3/c1-11-4-5-12(2)15(8-11)10-24-20(23)16-9-17(14-6-7-14)21-19-18(16)13(3)22-25-19/h4-5,8-9,14H,6-7,10H2,1-3H3. The number of hydrogen-bond donors (Lipinski definition) is 0. The highest BCUT2D eigenvalue weighted by molar-refractivity contribution is 6.03. The summed E-state index contributed by atoms with van der Waals surface area (Å²) in [4.78, 5) is 17.3. The van der Waals surface area contributed by atoms with Crippen molar-refractivity contribution in [3.8, 4) is 0 Å². The van der Waals surface area contributed by atoms with E-state index >= 15 is 0 Å². The molecule has 0 aliphatic heterocycles. The van der Waals surface area contributed by atoms with Crippen molar-refractivity contribution in [2.75, 3.05) is 0 Å². The van der Waals surface area contributed by atoms with Gasteiger partial charge in [-0.25, -0.2) is 9.78 Å². The quantitative estimate of drug-likeness (QED) is 0.661. The molecule has 5 nitrogen and oxygen atoms in total. The van der Waals surface area contributed by atoms with Crippen molar-refractivity contribution in [2.45, 2.75) is 46.1 Å². The molecule has 3 aromatic rings. The fraction of sp³-hybridized carbons (Fsp3) is 0.350. The summed E-state index contributed by atoms with van der Waals surface area (Å²) in [7, 11) is 0. The maximum Gasteiger partial charge on any atom is 0.339 e. The van der Waals surface area contributed by atoms with Crippen molar-refractivity contribution >= 4 is 17.1 Å². The zero-order valence-electron chi connectivity index (χ0n) is 14.6. The molecule has 0 unspecified atom stereocenters. The van der Waals surface area contributed by atoms with Crippen LogP contribution in [0, 0.1) is 20.8 Å². The summed E-state index contributed by atoms with van der Waals surface area (Å²) < 4.78 is 10.9. The molecule has 5 heteroatoms. The van der Waals surface area contributed by atoms with Crippen molar-refractivity contribution in [3.63, 3.8) is 0 Å². The third kappa shape index (κ3) is 3.02. The van der Waals surface area contributed by atoms with Gasteiger partial charge in [-0.15, -0.1) is 0 Å². The second-order valence-corrected chi connectivity index (χ2v) is 6.82. The largest absolute Gasteiger partial charge is 0.457 e. The molecule has 0 amide bonds. The Balaban J connectivity index is 1.65. The number of rotatable bonds is 4. The van der Waals surface area contributed by atoms with Crippen LogP contribution in [0.1, 0.15) is 57.2 Å². The smallest absolute Gasteiger partial charge is 0.339 e. The van der Waals surface area contributed by atoms with Gasteiger partial charge >= 0.3 is 5.97 Å². The highest BCUT2D eigenvalue weighted by atomic mass is 16.5. The lowest BCUT2D eigenvalue weighted by molar-refractivity contribution is 0.0474. The molecule has 2 aromatic heterocycles. The first-order chi connectivity index (χ1) is 12.0. The molecular formula is C20H20N2O3. The lowest BCUT2D eigenvalue weighted by Crippen LogP contribution is -2.08. The summed E-state index contributed by atoms with van der Waals surface area (Å²) >= 11 is 0. The number of aryl methyl sites for hydroxylation is 3. The van der Waals surface area contributed by atoms with Crippen LogP contribution in [0.2, 0.25) is 0 Å². The molecule has 25 heavy (non-hydrogen) atoms. The van der Waals surface area contributed by atoms with Gasteiger partial charge in [0.15, 0.2) is 0 Å². The van der Waals surface area contributed by atoms with E-state index in [0.29, 0.717) is 28.3 Å². The van der Waals surface area contributed by atoms with Gasteiger partial charge in [0, 0.05) is 11.6 Å². The number of benzene rings is 1. The van der Waals surface area contributed by atoms with E-state index in [1.807, 2.05) is 39.0 Å². The van der Waals surface area contributed by atoms with Gasteiger partial charge in [0.1, 0.15) is 6.61 Å².